The molecule has 1 saturated carbocycles. The van der Waals surface area contributed by atoms with E-state index in [4.69, 9.17) is 21.7 Å². The van der Waals surface area contributed by atoms with Gasteiger partial charge in [-0.2, -0.15) is 0 Å². The predicted octanol–water partition coefficient (Wildman–Crippen LogP) is 6.54. The zero-order valence-electron chi connectivity index (χ0n) is 25.2. The summed E-state index contributed by atoms with van der Waals surface area (Å²) in [6.45, 7) is 6.96. The molecule has 3 heterocycles. The maximum Gasteiger partial charge on any atom is 0.305 e. The molecule has 2 fully saturated rings. The lowest BCUT2D eigenvalue weighted by molar-refractivity contribution is -0.136. The van der Waals surface area contributed by atoms with E-state index in [1.54, 1.807) is 18.3 Å². The van der Waals surface area contributed by atoms with Gasteiger partial charge >= 0.3 is 5.97 Å². The number of amides is 2. The van der Waals surface area contributed by atoms with Crippen molar-refractivity contribution in [1.29, 1.82) is 0 Å². The molecule has 6 rings (SSSR count). The van der Waals surface area contributed by atoms with E-state index in [0.29, 0.717) is 22.3 Å². The standard InChI is InChI=1S/C35H37ClN4O4/c1-34(2,3)26-11-14-35-27(19-26)20-28(21-7-9-22(10-8-21)32(43)38-16-13-30(41)42)40(35)33(44)31(39-35)25-6-4-5-23(17-25)24-12-15-37-29(36)18-24/h4-10,12,15,17-18,26-28H,11,13-14,16,19-20H2,1-3H3,(H,38,43)(H,41,42)/t26?,27?,28-,35?/m1/s1. The zero-order valence-corrected chi connectivity index (χ0v) is 26.0. The van der Waals surface area contributed by atoms with E-state index in [1.807, 2.05) is 53.4 Å². The third kappa shape index (κ3) is 5.52. The van der Waals surface area contributed by atoms with Crippen molar-refractivity contribution in [2.45, 2.75) is 64.6 Å². The Labute approximate surface area is 262 Å². The summed E-state index contributed by atoms with van der Waals surface area (Å²) in [6.07, 6.45) is 5.16. The Morgan fingerprint density at radius 1 is 1.05 bits per heavy atom. The molecular formula is C35H37ClN4O4. The molecule has 2 amide bonds. The third-order valence-corrected chi connectivity index (χ3v) is 9.86. The van der Waals surface area contributed by atoms with E-state index in [2.05, 4.69) is 31.1 Å². The molecule has 1 spiro atoms. The number of hydrogen-bond donors (Lipinski definition) is 2. The summed E-state index contributed by atoms with van der Waals surface area (Å²) in [5.41, 5.74) is 4.13. The minimum Gasteiger partial charge on any atom is -0.481 e. The van der Waals surface area contributed by atoms with Gasteiger partial charge in [-0.1, -0.05) is 62.7 Å². The minimum absolute atomic E-state index is 0.0629. The molecule has 228 valence electrons. The number of carbonyl (C=O) groups excluding carboxylic acids is 2. The van der Waals surface area contributed by atoms with Gasteiger partial charge in [0.25, 0.3) is 11.8 Å². The Kier molecular flexibility index (Phi) is 7.82. The molecule has 1 aromatic heterocycles. The maximum atomic E-state index is 14.4. The van der Waals surface area contributed by atoms with Crippen molar-refractivity contribution in [2.75, 3.05) is 6.54 Å². The molecule has 3 unspecified atom stereocenters. The monoisotopic (exact) mass is 612 g/mol. The molecule has 9 heteroatoms. The van der Waals surface area contributed by atoms with Gasteiger partial charge in [-0.3, -0.25) is 19.4 Å². The summed E-state index contributed by atoms with van der Waals surface area (Å²) in [5.74, 6) is -0.595. The van der Waals surface area contributed by atoms with Gasteiger partial charge in [0.15, 0.2) is 0 Å². The van der Waals surface area contributed by atoms with Crippen LogP contribution in [0.4, 0.5) is 0 Å². The zero-order chi connectivity index (χ0) is 31.2. The van der Waals surface area contributed by atoms with Gasteiger partial charge in [0.05, 0.1) is 12.5 Å². The molecule has 1 saturated heterocycles. The predicted molar refractivity (Wildman–Crippen MR) is 169 cm³/mol. The van der Waals surface area contributed by atoms with Crippen molar-refractivity contribution >= 4 is 35.1 Å². The smallest absolute Gasteiger partial charge is 0.305 e. The molecule has 2 aromatic carbocycles. The fourth-order valence-electron chi connectivity index (χ4n) is 7.29. The van der Waals surface area contributed by atoms with Gasteiger partial charge in [-0.05, 0) is 84.0 Å². The topological polar surface area (TPSA) is 112 Å². The third-order valence-electron chi connectivity index (χ3n) is 9.65. The summed E-state index contributed by atoms with van der Waals surface area (Å²) in [6, 6.07) is 18.8. The van der Waals surface area contributed by atoms with Gasteiger partial charge in [0.2, 0.25) is 0 Å². The number of aromatic nitrogens is 1. The molecular weight excluding hydrogens is 576 g/mol. The number of pyridine rings is 1. The Bertz CT molecular complexity index is 1650. The van der Waals surface area contributed by atoms with Crippen LogP contribution in [0.5, 0.6) is 0 Å². The van der Waals surface area contributed by atoms with Crippen LogP contribution in [0.15, 0.2) is 71.9 Å². The molecule has 0 radical (unpaired) electrons. The van der Waals surface area contributed by atoms with Crippen molar-refractivity contribution in [3.05, 3.63) is 88.7 Å². The van der Waals surface area contributed by atoms with Crippen LogP contribution in [0, 0.1) is 17.3 Å². The number of hydrogen-bond acceptors (Lipinski definition) is 5. The van der Waals surface area contributed by atoms with Crippen LogP contribution < -0.4 is 5.32 Å². The number of benzene rings is 2. The van der Waals surface area contributed by atoms with Crippen molar-refractivity contribution in [3.63, 3.8) is 0 Å². The second kappa shape index (κ2) is 11.5. The molecule has 0 bridgehead atoms. The van der Waals surface area contributed by atoms with Crippen LogP contribution >= 0.6 is 11.6 Å². The van der Waals surface area contributed by atoms with Gasteiger partial charge in [0, 0.05) is 29.8 Å². The second-order valence-electron chi connectivity index (χ2n) is 13.3. The SMILES string of the molecule is CC(C)(C)C1CCC23N=C(c4cccc(-c5ccnc(Cl)c5)c4)C(=O)N2[C@@H](c2ccc(C(=O)NCCC(=O)O)cc2)CC3C1. The summed E-state index contributed by atoms with van der Waals surface area (Å²) in [7, 11) is 0. The second-order valence-corrected chi connectivity index (χ2v) is 13.7. The van der Waals surface area contributed by atoms with Gasteiger partial charge < -0.3 is 15.3 Å². The average Bonchev–Trinajstić information content (AvgIpc) is 3.48. The molecule has 3 aromatic rings. The van der Waals surface area contributed by atoms with Crippen molar-refractivity contribution in [1.82, 2.24) is 15.2 Å². The van der Waals surface area contributed by atoms with Crippen LogP contribution in [0.2, 0.25) is 5.15 Å². The lowest BCUT2D eigenvalue weighted by Gasteiger charge is -2.45. The highest BCUT2D eigenvalue weighted by atomic mass is 35.5. The van der Waals surface area contributed by atoms with E-state index in [1.165, 1.54) is 0 Å². The van der Waals surface area contributed by atoms with E-state index in [9.17, 15) is 14.4 Å². The van der Waals surface area contributed by atoms with Crippen LogP contribution in [-0.2, 0) is 9.59 Å². The molecule has 3 aliphatic rings. The Morgan fingerprint density at radius 3 is 2.48 bits per heavy atom. The minimum atomic E-state index is -0.962. The first-order valence-corrected chi connectivity index (χ1v) is 15.6. The number of nitrogens with zero attached hydrogens (tertiary/aromatic N) is 3. The van der Waals surface area contributed by atoms with Crippen LogP contribution in [0.1, 0.15) is 80.4 Å². The van der Waals surface area contributed by atoms with Crippen LogP contribution in [-0.4, -0.2) is 50.7 Å². The fraction of sp³-hybridized carbons (Fsp3) is 0.400. The van der Waals surface area contributed by atoms with Gasteiger partial charge in [-0.15, -0.1) is 0 Å². The Hall–Kier alpha value is -4.04. The lowest BCUT2D eigenvalue weighted by Crippen LogP contribution is -2.49. The van der Waals surface area contributed by atoms with E-state index in [0.717, 1.165) is 47.9 Å². The number of carboxylic acids is 1. The highest BCUT2D eigenvalue weighted by molar-refractivity contribution is 6.47. The van der Waals surface area contributed by atoms with Crippen LogP contribution in [0.3, 0.4) is 0 Å². The summed E-state index contributed by atoms with van der Waals surface area (Å²) < 4.78 is 0. The van der Waals surface area contributed by atoms with E-state index >= 15 is 0 Å². The summed E-state index contributed by atoms with van der Waals surface area (Å²) in [4.78, 5) is 49.3. The largest absolute Gasteiger partial charge is 0.481 e. The van der Waals surface area contributed by atoms with Crippen molar-refractivity contribution in [3.8, 4) is 11.1 Å². The number of nitrogens with one attached hydrogen (secondary N) is 1. The number of carboxylic acid groups (broad SMARTS) is 1. The summed E-state index contributed by atoms with van der Waals surface area (Å²) in [5, 5.41) is 11.9. The number of aliphatic carboxylic acids is 1. The van der Waals surface area contributed by atoms with E-state index in [-0.39, 0.29) is 42.2 Å². The lowest BCUT2D eigenvalue weighted by atomic mass is 9.65. The number of aliphatic imine (C=N–C) groups is 1. The highest BCUT2D eigenvalue weighted by Crippen LogP contribution is 2.59. The van der Waals surface area contributed by atoms with Crippen LogP contribution in [0.25, 0.3) is 11.1 Å². The molecule has 2 N–H and O–H groups in total. The average molecular weight is 613 g/mol. The number of halogens is 1. The van der Waals surface area contributed by atoms with E-state index < -0.39 is 11.6 Å². The van der Waals surface area contributed by atoms with Gasteiger partial charge in [0.1, 0.15) is 16.5 Å². The molecule has 44 heavy (non-hydrogen) atoms. The number of rotatable bonds is 7. The molecule has 8 nitrogen and oxygen atoms in total. The first-order valence-electron chi connectivity index (χ1n) is 15.2. The molecule has 2 aliphatic heterocycles. The van der Waals surface area contributed by atoms with Crippen molar-refractivity contribution in [2.24, 2.45) is 22.2 Å². The molecule has 4 atom stereocenters. The first-order chi connectivity index (χ1) is 21.0. The Morgan fingerprint density at radius 2 is 1.77 bits per heavy atom. The van der Waals surface area contributed by atoms with Gasteiger partial charge in [-0.25, -0.2) is 4.98 Å². The van der Waals surface area contributed by atoms with Crippen molar-refractivity contribution < 1.29 is 19.5 Å². The normalized spacial score (nSPS) is 24.5. The summed E-state index contributed by atoms with van der Waals surface area (Å²) >= 11 is 6.16. The first kappa shape index (κ1) is 30.0. The maximum absolute atomic E-state index is 14.4. The quantitative estimate of drug-likeness (QED) is 0.294. The Balaban J connectivity index is 1.33. The fourth-order valence-corrected chi connectivity index (χ4v) is 7.47. The molecule has 1 aliphatic carbocycles. The highest BCUT2D eigenvalue weighted by Gasteiger charge is 2.62. The number of carbonyl (C=O) groups is 3.